The van der Waals surface area contributed by atoms with E-state index in [0.717, 1.165) is 12.8 Å². The molecule has 0 atom stereocenters. The van der Waals surface area contributed by atoms with Crippen molar-refractivity contribution < 1.29 is 14.7 Å². The summed E-state index contributed by atoms with van der Waals surface area (Å²) in [4.78, 5) is 23.1. The molecule has 132 valence electrons. The van der Waals surface area contributed by atoms with Crippen molar-refractivity contribution in [2.45, 2.75) is 77.7 Å². The molecule has 2 amide bonds. The summed E-state index contributed by atoms with van der Waals surface area (Å²) in [5, 5.41) is 15.1. The lowest BCUT2D eigenvalue weighted by Crippen LogP contribution is -2.47. The summed E-state index contributed by atoms with van der Waals surface area (Å²) in [5.41, 5.74) is 0.138. The van der Waals surface area contributed by atoms with Crippen molar-refractivity contribution in [2.75, 3.05) is 6.54 Å². The molecular weight excluding hydrogens is 292 g/mol. The molecule has 3 N–H and O–H groups in total. The van der Waals surface area contributed by atoms with Gasteiger partial charge in [-0.1, -0.05) is 33.1 Å². The van der Waals surface area contributed by atoms with E-state index in [9.17, 15) is 9.59 Å². The molecule has 0 saturated heterocycles. The van der Waals surface area contributed by atoms with Crippen LogP contribution in [0.1, 0.15) is 71.6 Å². The Kier molecular flexibility index (Phi) is 6.31. The van der Waals surface area contributed by atoms with Crippen LogP contribution in [-0.4, -0.2) is 29.7 Å². The molecule has 5 heteroatoms. The standard InChI is InChI=1S/C18H32N2O3/c1-18(2,14-6-4-3-5-7-14)12-19-17(23)20-15-10-8-13(9-11-15)16(21)22/h13-15H,3-12H2,1-2H3,(H,21,22)(H2,19,20,23). The maximum atomic E-state index is 12.1. The molecular formula is C18H32N2O3. The smallest absolute Gasteiger partial charge is 0.315 e. The van der Waals surface area contributed by atoms with Gasteiger partial charge in [-0.25, -0.2) is 4.79 Å². The van der Waals surface area contributed by atoms with Crippen molar-refractivity contribution in [2.24, 2.45) is 17.3 Å². The van der Waals surface area contributed by atoms with E-state index in [1.54, 1.807) is 0 Å². The molecule has 2 aliphatic rings. The van der Waals surface area contributed by atoms with Gasteiger partial charge < -0.3 is 15.7 Å². The van der Waals surface area contributed by atoms with E-state index in [-0.39, 0.29) is 23.4 Å². The second-order valence-electron chi connectivity index (χ2n) is 8.04. The van der Waals surface area contributed by atoms with E-state index in [4.69, 9.17) is 5.11 Å². The fourth-order valence-corrected chi connectivity index (χ4v) is 4.06. The van der Waals surface area contributed by atoms with E-state index >= 15 is 0 Å². The lowest BCUT2D eigenvalue weighted by molar-refractivity contribution is -0.142. The van der Waals surface area contributed by atoms with E-state index < -0.39 is 5.97 Å². The van der Waals surface area contributed by atoms with Crippen LogP contribution in [0, 0.1) is 17.3 Å². The number of hydrogen-bond acceptors (Lipinski definition) is 2. The highest BCUT2D eigenvalue weighted by molar-refractivity contribution is 5.74. The Bertz CT molecular complexity index is 408. The van der Waals surface area contributed by atoms with E-state index in [2.05, 4.69) is 24.5 Å². The molecule has 0 unspecified atom stereocenters. The maximum Gasteiger partial charge on any atom is 0.315 e. The molecule has 0 aromatic heterocycles. The summed E-state index contributed by atoms with van der Waals surface area (Å²) in [5.74, 6) is -0.244. The third-order valence-electron chi connectivity index (χ3n) is 5.83. The first-order chi connectivity index (χ1) is 10.9. The molecule has 2 aliphatic carbocycles. The number of carboxylic acids is 1. The normalized spacial score (nSPS) is 26.5. The summed E-state index contributed by atoms with van der Waals surface area (Å²) < 4.78 is 0. The zero-order valence-corrected chi connectivity index (χ0v) is 14.6. The van der Waals surface area contributed by atoms with Crippen molar-refractivity contribution in [3.05, 3.63) is 0 Å². The molecule has 0 spiro atoms. The van der Waals surface area contributed by atoms with Crippen LogP contribution >= 0.6 is 0 Å². The quantitative estimate of drug-likeness (QED) is 0.724. The summed E-state index contributed by atoms with van der Waals surface area (Å²) in [6.07, 6.45) is 9.36. The van der Waals surface area contributed by atoms with Gasteiger partial charge in [-0.3, -0.25) is 4.79 Å². The minimum absolute atomic E-state index is 0.104. The Labute approximate surface area is 139 Å². The van der Waals surface area contributed by atoms with Crippen LogP contribution in [-0.2, 0) is 4.79 Å². The molecule has 0 aliphatic heterocycles. The number of amides is 2. The van der Waals surface area contributed by atoms with Gasteiger partial charge in [0, 0.05) is 12.6 Å². The summed E-state index contributed by atoms with van der Waals surface area (Å²) >= 11 is 0. The van der Waals surface area contributed by atoms with E-state index in [1.807, 2.05) is 0 Å². The molecule has 0 aromatic carbocycles. The fraction of sp³-hybridized carbons (Fsp3) is 0.889. The molecule has 0 radical (unpaired) electrons. The molecule has 0 heterocycles. The topological polar surface area (TPSA) is 78.4 Å². The van der Waals surface area contributed by atoms with Crippen LogP contribution in [0.4, 0.5) is 4.79 Å². The summed E-state index contributed by atoms with van der Waals surface area (Å²) in [6.45, 7) is 5.20. The highest BCUT2D eigenvalue weighted by atomic mass is 16.4. The lowest BCUT2D eigenvalue weighted by atomic mass is 9.71. The van der Waals surface area contributed by atoms with Crippen molar-refractivity contribution in [1.29, 1.82) is 0 Å². The Morgan fingerprint density at radius 3 is 2.17 bits per heavy atom. The molecule has 0 aromatic rings. The Morgan fingerprint density at radius 1 is 1.00 bits per heavy atom. The van der Waals surface area contributed by atoms with Crippen LogP contribution in [0.3, 0.4) is 0 Å². The number of carboxylic acid groups (broad SMARTS) is 1. The van der Waals surface area contributed by atoms with Gasteiger partial charge in [0.25, 0.3) is 0 Å². The van der Waals surface area contributed by atoms with Crippen molar-refractivity contribution in [3.63, 3.8) is 0 Å². The average Bonchev–Trinajstić information content (AvgIpc) is 2.54. The van der Waals surface area contributed by atoms with Gasteiger partial charge in [0.2, 0.25) is 0 Å². The first-order valence-electron chi connectivity index (χ1n) is 9.15. The Balaban J connectivity index is 1.69. The lowest BCUT2D eigenvalue weighted by Gasteiger charge is -2.37. The summed E-state index contributed by atoms with van der Waals surface area (Å²) in [7, 11) is 0. The SMILES string of the molecule is CC(C)(CNC(=O)NC1CCC(C(=O)O)CC1)C1CCCCC1. The number of aliphatic carboxylic acids is 1. The molecule has 23 heavy (non-hydrogen) atoms. The van der Waals surface area contributed by atoms with Gasteiger partial charge >= 0.3 is 12.0 Å². The van der Waals surface area contributed by atoms with Crippen LogP contribution in [0.15, 0.2) is 0 Å². The van der Waals surface area contributed by atoms with Crippen molar-refractivity contribution in [1.82, 2.24) is 10.6 Å². The van der Waals surface area contributed by atoms with Gasteiger partial charge in [-0.2, -0.15) is 0 Å². The monoisotopic (exact) mass is 324 g/mol. The van der Waals surface area contributed by atoms with Gasteiger partial charge in [0.1, 0.15) is 0 Å². The number of carbonyl (C=O) groups excluding carboxylic acids is 1. The zero-order chi connectivity index (χ0) is 16.9. The highest BCUT2D eigenvalue weighted by Crippen LogP contribution is 2.37. The van der Waals surface area contributed by atoms with Crippen LogP contribution < -0.4 is 10.6 Å². The number of nitrogens with one attached hydrogen (secondary N) is 2. The summed E-state index contributed by atoms with van der Waals surface area (Å²) in [6, 6.07) is 0.0102. The largest absolute Gasteiger partial charge is 0.481 e. The fourth-order valence-electron chi connectivity index (χ4n) is 4.06. The van der Waals surface area contributed by atoms with Gasteiger partial charge in [0.15, 0.2) is 0 Å². The molecule has 5 nitrogen and oxygen atoms in total. The zero-order valence-electron chi connectivity index (χ0n) is 14.6. The number of rotatable bonds is 5. The van der Waals surface area contributed by atoms with Crippen molar-refractivity contribution >= 4 is 12.0 Å². The van der Waals surface area contributed by atoms with Crippen LogP contribution in [0.25, 0.3) is 0 Å². The van der Waals surface area contributed by atoms with E-state index in [0.29, 0.717) is 25.3 Å². The first-order valence-corrected chi connectivity index (χ1v) is 9.15. The minimum atomic E-state index is -0.706. The highest BCUT2D eigenvalue weighted by Gasteiger charge is 2.31. The molecule has 2 rings (SSSR count). The minimum Gasteiger partial charge on any atom is -0.481 e. The Hall–Kier alpha value is -1.26. The third kappa shape index (κ3) is 5.40. The Morgan fingerprint density at radius 2 is 1.61 bits per heavy atom. The first kappa shape index (κ1) is 18.1. The van der Waals surface area contributed by atoms with Gasteiger partial charge in [-0.15, -0.1) is 0 Å². The second kappa shape index (κ2) is 8.02. The van der Waals surface area contributed by atoms with Gasteiger partial charge in [-0.05, 0) is 49.9 Å². The van der Waals surface area contributed by atoms with Gasteiger partial charge in [0.05, 0.1) is 5.92 Å². The maximum absolute atomic E-state index is 12.1. The number of carbonyl (C=O) groups is 2. The second-order valence-corrected chi connectivity index (χ2v) is 8.04. The van der Waals surface area contributed by atoms with Crippen molar-refractivity contribution in [3.8, 4) is 0 Å². The predicted molar refractivity (Wildman–Crippen MR) is 90.3 cm³/mol. The predicted octanol–water partition coefficient (Wildman–Crippen LogP) is 3.54. The molecule has 2 fully saturated rings. The number of urea groups is 1. The third-order valence-corrected chi connectivity index (χ3v) is 5.83. The van der Waals surface area contributed by atoms with Crippen LogP contribution in [0.2, 0.25) is 0 Å². The van der Waals surface area contributed by atoms with E-state index in [1.165, 1.54) is 32.1 Å². The van der Waals surface area contributed by atoms with Crippen LogP contribution in [0.5, 0.6) is 0 Å². The molecule has 2 saturated carbocycles. The molecule has 0 bridgehead atoms. The number of hydrogen-bond donors (Lipinski definition) is 3. The average molecular weight is 324 g/mol.